The van der Waals surface area contributed by atoms with Crippen molar-refractivity contribution in [1.82, 2.24) is 19.4 Å². The maximum absolute atomic E-state index is 14.6. The Morgan fingerprint density at radius 1 is 1.12 bits per heavy atom. The zero-order valence-corrected chi connectivity index (χ0v) is 18.9. The van der Waals surface area contributed by atoms with Gasteiger partial charge < -0.3 is 20.1 Å². The molecule has 1 saturated heterocycles. The van der Waals surface area contributed by atoms with Crippen molar-refractivity contribution in [1.29, 1.82) is 0 Å². The zero-order chi connectivity index (χ0) is 22.8. The number of amides is 1. The van der Waals surface area contributed by atoms with E-state index in [1.54, 1.807) is 12.1 Å². The first-order valence-electron chi connectivity index (χ1n) is 11.7. The monoisotopic (exact) mass is 448 g/mol. The molecule has 33 heavy (non-hydrogen) atoms. The van der Waals surface area contributed by atoms with Crippen molar-refractivity contribution in [2.75, 3.05) is 36.8 Å². The van der Waals surface area contributed by atoms with Crippen molar-refractivity contribution in [3.05, 3.63) is 47.9 Å². The summed E-state index contributed by atoms with van der Waals surface area (Å²) in [6, 6.07) is 10.7. The minimum absolute atomic E-state index is 0.169. The van der Waals surface area contributed by atoms with Crippen LogP contribution < -0.4 is 10.6 Å². The SMILES string of the molecule is Cc1cccc(-c2nc3n(c2-c2ccc(F)c(NC(=O)CCN4CCCCC4)c2)CCN3)n1. The number of pyridine rings is 1. The summed E-state index contributed by atoms with van der Waals surface area (Å²) in [5, 5.41) is 6.08. The van der Waals surface area contributed by atoms with Crippen LogP contribution >= 0.6 is 0 Å². The van der Waals surface area contributed by atoms with Gasteiger partial charge in [-0.1, -0.05) is 12.5 Å². The average Bonchev–Trinajstić information content (AvgIpc) is 3.41. The predicted molar refractivity (Wildman–Crippen MR) is 128 cm³/mol. The number of rotatable bonds is 6. The lowest BCUT2D eigenvalue weighted by atomic mass is 10.1. The first kappa shape index (κ1) is 21.6. The van der Waals surface area contributed by atoms with Crippen LogP contribution in [0.25, 0.3) is 22.6 Å². The van der Waals surface area contributed by atoms with Gasteiger partial charge in [0.25, 0.3) is 0 Å². The van der Waals surface area contributed by atoms with Gasteiger partial charge in [0.1, 0.15) is 11.5 Å². The lowest BCUT2D eigenvalue weighted by Gasteiger charge is -2.25. The van der Waals surface area contributed by atoms with Crippen LogP contribution in [0.1, 0.15) is 31.4 Å². The second-order valence-corrected chi connectivity index (χ2v) is 8.77. The Balaban J connectivity index is 1.41. The highest BCUT2D eigenvalue weighted by Gasteiger charge is 2.24. The van der Waals surface area contributed by atoms with Crippen molar-refractivity contribution in [3.8, 4) is 22.6 Å². The standard InChI is InChI=1S/C25H29FN6O/c1-17-6-5-7-20(28-17)23-24(32-15-11-27-25(32)30-23)18-8-9-19(26)21(16-18)29-22(33)10-14-31-12-3-2-4-13-31/h5-9,16H,2-4,10-15H2,1H3,(H,27,30)(H,29,33). The molecule has 5 rings (SSSR count). The number of aromatic nitrogens is 3. The first-order valence-corrected chi connectivity index (χ1v) is 11.7. The van der Waals surface area contributed by atoms with Crippen LogP contribution in [0.15, 0.2) is 36.4 Å². The van der Waals surface area contributed by atoms with Crippen molar-refractivity contribution < 1.29 is 9.18 Å². The summed E-state index contributed by atoms with van der Waals surface area (Å²) in [6.07, 6.45) is 3.98. The molecule has 2 aliphatic heterocycles. The van der Waals surface area contributed by atoms with Crippen molar-refractivity contribution >= 4 is 17.5 Å². The molecule has 0 atom stereocenters. The minimum atomic E-state index is -0.445. The number of aryl methyl sites for hydroxylation is 1. The van der Waals surface area contributed by atoms with Crippen LogP contribution in [0.4, 0.5) is 16.0 Å². The van der Waals surface area contributed by atoms with Gasteiger partial charge in [-0.05, 0) is 63.2 Å². The molecular weight excluding hydrogens is 419 g/mol. The maximum Gasteiger partial charge on any atom is 0.225 e. The number of carbonyl (C=O) groups excluding carboxylic acids is 1. The van der Waals surface area contributed by atoms with Gasteiger partial charge >= 0.3 is 0 Å². The van der Waals surface area contributed by atoms with Crippen LogP contribution in [-0.2, 0) is 11.3 Å². The largest absolute Gasteiger partial charge is 0.354 e. The van der Waals surface area contributed by atoms with Crippen LogP contribution in [-0.4, -0.2) is 51.5 Å². The number of hydrogen-bond donors (Lipinski definition) is 2. The molecule has 7 nitrogen and oxygen atoms in total. The van der Waals surface area contributed by atoms with E-state index in [0.29, 0.717) is 13.0 Å². The Kier molecular flexibility index (Phi) is 6.09. The number of anilines is 2. The number of imidazole rings is 1. The second-order valence-electron chi connectivity index (χ2n) is 8.77. The van der Waals surface area contributed by atoms with Gasteiger partial charge in [-0.3, -0.25) is 9.78 Å². The molecule has 2 aliphatic rings. The van der Waals surface area contributed by atoms with Crippen molar-refractivity contribution in [2.24, 2.45) is 0 Å². The molecule has 1 amide bonds. The van der Waals surface area contributed by atoms with E-state index in [0.717, 1.165) is 60.5 Å². The smallest absolute Gasteiger partial charge is 0.225 e. The van der Waals surface area contributed by atoms with E-state index < -0.39 is 5.82 Å². The van der Waals surface area contributed by atoms with Gasteiger partial charge in [-0.25, -0.2) is 9.37 Å². The van der Waals surface area contributed by atoms with Crippen molar-refractivity contribution in [3.63, 3.8) is 0 Å². The summed E-state index contributed by atoms with van der Waals surface area (Å²) in [6.45, 7) is 6.27. The van der Waals surface area contributed by atoms with E-state index in [4.69, 9.17) is 4.98 Å². The molecule has 1 fully saturated rings. The normalized spacial score (nSPS) is 15.8. The third-order valence-electron chi connectivity index (χ3n) is 6.33. The third kappa shape index (κ3) is 4.61. The molecule has 0 aliphatic carbocycles. The van der Waals surface area contributed by atoms with Crippen LogP contribution in [0.3, 0.4) is 0 Å². The Morgan fingerprint density at radius 3 is 2.79 bits per heavy atom. The molecule has 172 valence electrons. The lowest BCUT2D eigenvalue weighted by molar-refractivity contribution is -0.116. The fourth-order valence-electron chi connectivity index (χ4n) is 4.65. The highest BCUT2D eigenvalue weighted by Crippen LogP contribution is 2.37. The predicted octanol–water partition coefficient (Wildman–Crippen LogP) is 4.30. The van der Waals surface area contributed by atoms with Gasteiger partial charge in [0.2, 0.25) is 11.9 Å². The van der Waals surface area contributed by atoms with Crippen LogP contribution in [0.5, 0.6) is 0 Å². The number of benzene rings is 1. The summed E-state index contributed by atoms with van der Waals surface area (Å²) in [5.41, 5.74) is 4.28. The Morgan fingerprint density at radius 2 is 1.97 bits per heavy atom. The highest BCUT2D eigenvalue weighted by atomic mass is 19.1. The molecule has 0 radical (unpaired) electrons. The summed E-state index contributed by atoms with van der Waals surface area (Å²) in [5.74, 6) is 0.164. The summed E-state index contributed by atoms with van der Waals surface area (Å²) >= 11 is 0. The van der Waals surface area contributed by atoms with Crippen molar-refractivity contribution in [2.45, 2.75) is 39.2 Å². The number of fused-ring (bicyclic) bond motifs is 1. The topological polar surface area (TPSA) is 75.1 Å². The maximum atomic E-state index is 14.6. The molecule has 0 unspecified atom stereocenters. The molecule has 2 N–H and O–H groups in total. The van der Waals surface area contributed by atoms with Gasteiger partial charge in [0.15, 0.2) is 0 Å². The lowest BCUT2D eigenvalue weighted by Crippen LogP contribution is -2.32. The number of piperidine rings is 1. The average molecular weight is 449 g/mol. The Hall–Kier alpha value is -3.26. The second kappa shape index (κ2) is 9.31. The quantitative estimate of drug-likeness (QED) is 0.588. The summed E-state index contributed by atoms with van der Waals surface area (Å²) in [7, 11) is 0. The number of halogens is 1. The summed E-state index contributed by atoms with van der Waals surface area (Å²) < 4.78 is 16.7. The van der Waals surface area contributed by atoms with Gasteiger partial charge in [0.05, 0.1) is 17.1 Å². The number of nitrogens with zero attached hydrogens (tertiary/aromatic N) is 4. The number of hydrogen-bond acceptors (Lipinski definition) is 5. The third-order valence-corrected chi connectivity index (χ3v) is 6.33. The van der Waals surface area contributed by atoms with E-state index in [9.17, 15) is 9.18 Å². The van der Waals surface area contributed by atoms with Crippen LogP contribution in [0.2, 0.25) is 0 Å². The molecule has 4 heterocycles. The number of carbonyl (C=O) groups is 1. The van der Waals surface area contributed by atoms with E-state index in [2.05, 4.69) is 25.1 Å². The van der Waals surface area contributed by atoms with Gasteiger partial charge in [0, 0.05) is 37.3 Å². The summed E-state index contributed by atoms with van der Waals surface area (Å²) in [4.78, 5) is 24.3. The molecule has 2 aromatic heterocycles. The highest BCUT2D eigenvalue weighted by molar-refractivity contribution is 5.92. The van der Waals surface area contributed by atoms with E-state index in [-0.39, 0.29) is 11.6 Å². The zero-order valence-electron chi connectivity index (χ0n) is 18.9. The first-order chi connectivity index (χ1) is 16.1. The molecule has 0 saturated carbocycles. The number of nitrogens with one attached hydrogen (secondary N) is 2. The van der Waals surface area contributed by atoms with Gasteiger partial charge in [-0.2, -0.15) is 0 Å². The molecule has 1 aromatic carbocycles. The Bertz CT molecular complexity index is 1170. The van der Waals surface area contributed by atoms with E-state index >= 15 is 0 Å². The van der Waals surface area contributed by atoms with Crippen LogP contribution in [0, 0.1) is 12.7 Å². The fourth-order valence-corrected chi connectivity index (χ4v) is 4.65. The molecule has 0 bridgehead atoms. The minimum Gasteiger partial charge on any atom is -0.354 e. The fraction of sp³-hybridized carbons (Fsp3) is 0.400. The molecule has 3 aromatic rings. The molecular formula is C25H29FN6O. The molecule has 8 heteroatoms. The molecule has 0 spiro atoms. The van der Waals surface area contributed by atoms with Gasteiger partial charge in [-0.15, -0.1) is 0 Å². The Labute approximate surface area is 193 Å². The van der Waals surface area contributed by atoms with E-state index in [1.165, 1.54) is 25.3 Å². The number of likely N-dealkylation sites (tertiary alicyclic amines) is 1. The van der Waals surface area contributed by atoms with E-state index in [1.807, 2.05) is 25.1 Å².